The van der Waals surface area contributed by atoms with Gasteiger partial charge in [-0.25, -0.2) is 22.8 Å². The summed E-state index contributed by atoms with van der Waals surface area (Å²) < 4.78 is 39.0. The van der Waals surface area contributed by atoms with Crippen LogP contribution >= 0.6 is 0 Å². The third-order valence-electron chi connectivity index (χ3n) is 4.52. The first kappa shape index (κ1) is 16.9. The molecule has 0 saturated carbocycles. The van der Waals surface area contributed by atoms with Gasteiger partial charge in [-0.3, -0.25) is 0 Å². The van der Waals surface area contributed by atoms with Gasteiger partial charge >= 0.3 is 0 Å². The van der Waals surface area contributed by atoms with Crippen LogP contribution in [-0.4, -0.2) is 60.1 Å². The summed E-state index contributed by atoms with van der Waals surface area (Å²) in [5, 5.41) is 0. The molecule has 2 aromatic heterocycles. The van der Waals surface area contributed by atoms with Gasteiger partial charge in [0.1, 0.15) is 11.6 Å². The predicted molar refractivity (Wildman–Crippen MR) is 97.9 cm³/mol. The molecule has 1 saturated heterocycles. The number of hydrogen-bond donors (Lipinski definition) is 1. The minimum Gasteiger partial charge on any atom is -0.354 e. The van der Waals surface area contributed by atoms with Gasteiger partial charge in [0.05, 0.1) is 29.0 Å². The molecule has 0 bridgehead atoms. The lowest BCUT2D eigenvalue weighted by molar-refractivity contribution is 0.387. The third kappa shape index (κ3) is 3.15. The fraction of sp³-hybridized carbons (Fsp3) is 0.294. The van der Waals surface area contributed by atoms with Crippen LogP contribution in [-0.2, 0) is 10.0 Å². The van der Waals surface area contributed by atoms with E-state index in [0.29, 0.717) is 43.4 Å². The predicted octanol–water partition coefficient (Wildman–Crippen LogP) is 1.85. The van der Waals surface area contributed by atoms with Gasteiger partial charge in [-0.2, -0.15) is 4.31 Å². The molecule has 1 aliphatic heterocycles. The number of imidazole rings is 1. The van der Waals surface area contributed by atoms with E-state index in [1.54, 1.807) is 6.07 Å². The Morgan fingerprint density at radius 1 is 1.15 bits per heavy atom. The molecular formula is C17H18FN5O2S. The lowest BCUT2D eigenvalue weighted by atomic mass is 10.2. The molecule has 0 spiro atoms. The Bertz CT molecular complexity index is 1020. The molecule has 9 heteroatoms. The number of hydrogen-bond acceptors (Lipinski definition) is 5. The van der Waals surface area contributed by atoms with Crippen LogP contribution in [0.25, 0.3) is 22.4 Å². The molecule has 3 heterocycles. The largest absolute Gasteiger partial charge is 0.354 e. The van der Waals surface area contributed by atoms with Crippen molar-refractivity contribution in [2.75, 3.05) is 37.3 Å². The summed E-state index contributed by atoms with van der Waals surface area (Å²) in [6.07, 6.45) is 2.39. The summed E-state index contributed by atoms with van der Waals surface area (Å²) in [6, 6.07) is 9.17. The number of fused-ring (bicyclic) bond motifs is 1. The van der Waals surface area contributed by atoms with Gasteiger partial charge in [-0.1, -0.05) is 12.1 Å². The first-order valence-electron chi connectivity index (χ1n) is 8.22. The first-order valence-corrected chi connectivity index (χ1v) is 10.1. The average Bonchev–Trinajstić information content (AvgIpc) is 3.05. The smallest absolute Gasteiger partial charge is 0.211 e. The Hall–Kier alpha value is -2.52. The maximum absolute atomic E-state index is 14.3. The van der Waals surface area contributed by atoms with Crippen molar-refractivity contribution in [1.29, 1.82) is 0 Å². The molecule has 0 unspecified atom stereocenters. The number of halogens is 1. The van der Waals surface area contributed by atoms with Crippen LogP contribution in [0.2, 0.25) is 0 Å². The van der Waals surface area contributed by atoms with E-state index >= 15 is 0 Å². The average molecular weight is 375 g/mol. The third-order valence-corrected chi connectivity index (χ3v) is 5.82. The minimum atomic E-state index is -3.19. The summed E-state index contributed by atoms with van der Waals surface area (Å²) in [4.78, 5) is 13.7. The molecule has 4 rings (SSSR count). The van der Waals surface area contributed by atoms with Crippen LogP contribution in [0.4, 0.5) is 10.2 Å². The molecule has 7 nitrogen and oxygen atoms in total. The summed E-state index contributed by atoms with van der Waals surface area (Å²) in [6.45, 7) is 1.78. The van der Waals surface area contributed by atoms with Gasteiger partial charge in [0.25, 0.3) is 0 Å². The van der Waals surface area contributed by atoms with Gasteiger partial charge < -0.3 is 9.88 Å². The van der Waals surface area contributed by atoms with E-state index in [1.165, 1.54) is 16.8 Å². The number of sulfonamides is 1. The Morgan fingerprint density at radius 3 is 2.58 bits per heavy atom. The van der Waals surface area contributed by atoms with Crippen molar-refractivity contribution in [3.63, 3.8) is 0 Å². The molecule has 1 fully saturated rings. The van der Waals surface area contributed by atoms with E-state index in [-0.39, 0.29) is 0 Å². The number of benzene rings is 1. The molecule has 3 aromatic rings. The van der Waals surface area contributed by atoms with Crippen molar-refractivity contribution in [3.05, 3.63) is 42.3 Å². The van der Waals surface area contributed by atoms with Crippen LogP contribution in [0.15, 0.2) is 36.5 Å². The lowest BCUT2D eigenvalue weighted by Crippen LogP contribution is -2.48. The zero-order chi connectivity index (χ0) is 18.3. The van der Waals surface area contributed by atoms with Crippen molar-refractivity contribution >= 4 is 26.9 Å². The van der Waals surface area contributed by atoms with Gasteiger partial charge in [0.15, 0.2) is 5.82 Å². The van der Waals surface area contributed by atoms with E-state index in [4.69, 9.17) is 0 Å². The maximum atomic E-state index is 14.3. The number of anilines is 1. The van der Waals surface area contributed by atoms with Crippen molar-refractivity contribution < 1.29 is 12.8 Å². The van der Waals surface area contributed by atoms with Crippen LogP contribution in [0.1, 0.15) is 0 Å². The van der Waals surface area contributed by atoms with Crippen LogP contribution in [0, 0.1) is 5.82 Å². The second-order valence-electron chi connectivity index (χ2n) is 6.27. The molecule has 136 valence electrons. The van der Waals surface area contributed by atoms with Gasteiger partial charge in [0.2, 0.25) is 10.0 Å². The Balaban J connectivity index is 1.63. The fourth-order valence-corrected chi connectivity index (χ4v) is 3.94. The van der Waals surface area contributed by atoms with Crippen LogP contribution in [0.3, 0.4) is 0 Å². The molecule has 1 aromatic carbocycles. The van der Waals surface area contributed by atoms with Gasteiger partial charge in [-0.15, -0.1) is 0 Å². The second kappa shape index (κ2) is 6.33. The number of rotatable bonds is 3. The Morgan fingerprint density at radius 2 is 1.88 bits per heavy atom. The first-order chi connectivity index (χ1) is 12.4. The minimum absolute atomic E-state index is 0.344. The number of aromatic nitrogens is 3. The lowest BCUT2D eigenvalue weighted by Gasteiger charge is -2.34. The van der Waals surface area contributed by atoms with Crippen LogP contribution in [0.5, 0.6) is 0 Å². The molecular weight excluding hydrogens is 357 g/mol. The number of nitrogens with one attached hydrogen (secondary N) is 1. The van der Waals surface area contributed by atoms with E-state index in [9.17, 15) is 12.8 Å². The molecule has 0 aliphatic carbocycles. The fourth-order valence-electron chi connectivity index (χ4n) is 3.11. The highest BCUT2D eigenvalue weighted by Gasteiger charge is 2.24. The van der Waals surface area contributed by atoms with Gasteiger partial charge in [-0.05, 0) is 18.2 Å². The quantitative estimate of drug-likeness (QED) is 0.755. The van der Waals surface area contributed by atoms with E-state index in [2.05, 4.69) is 15.0 Å². The summed E-state index contributed by atoms with van der Waals surface area (Å²) >= 11 is 0. The van der Waals surface area contributed by atoms with Crippen molar-refractivity contribution in [3.8, 4) is 11.4 Å². The highest BCUT2D eigenvalue weighted by molar-refractivity contribution is 7.88. The number of para-hydroxylation sites is 2. The molecule has 1 aliphatic rings. The summed E-state index contributed by atoms with van der Waals surface area (Å²) in [7, 11) is -3.19. The van der Waals surface area contributed by atoms with Crippen molar-refractivity contribution in [2.45, 2.75) is 0 Å². The normalized spacial score (nSPS) is 16.3. The number of aromatic amines is 1. The highest BCUT2D eigenvalue weighted by atomic mass is 32.2. The second-order valence-corrected chi connectivity index (χ2v) is 8.26. The molecule has 0 atom stereocenters. The topological polar surface area (TPSA) is 82.2 Å². The van der Waals surface area contributed by atoms with E-state index in [1.807, 2.05) is 29.2 Å². The SMILES string of the molecule is CS(=O)(=O)N1CCN(c2cc(-c3nc4ccccc4[nH]3)c(F)cn2)CC1. The van der Waals surface area contributed by atoms with Gasteiger partial charge in [0, 0.05) is 26.2 Å². The Labute approximate surface area is 150 Å². The van der Waals surface area contributed by atoms with Crippen molar-refractivity contribution in [2.24, 2.45) is 0 Å². The number of piperazine rings is 1. The molecule has 0 amide bonds. The summed E-state index contributed by atoms with van der Waals surface area (Å²) in [5.41, 5.74) is 1.95. The monoisotopic (exact) mass is 375 g/mol. The molecule has 1 N–H and O–H groups in total. The van der Waals surface area contributed by atoms with Crippen LogP contribution < -0.4 is 4.90 Å². The van der Waals surface area contributed by atoms with E-state index in [0.717, 1.165) is 11.0 Å². The molecule has 26 heavy (non-hydrogen) atoms. The number of H-pyrrole nitrogens is 1. The zero-order valence-electron chi connectivity index (χ0n) is 14.2. The van der Waals surface area contributed by atoms with Crippen molar-refractivity contribution in [1.82, 2.24) is 19.3 Å². The zero-order valence-corrected chi connectivity index (χ0v) is 15.0. The Kier molecular flexibility index (Phi) is 4.12. The highest BCUT2D eigenvalue weighted by Crippen LogP contribution is 2.26. The summed E-state index contributed by atoms with van der Waals surface area (Å²) in [5.74, 6) is 0.597. The maximum Gasteiger partial charge on any atom is 0.211 e. The standard InChI is InChI=1S/C17H18FN5O2S/c1-26(24,25)23-8-6-22(7-9-23)16-10-12(13(18)11-19-16)17-20-14-4-2-3-5-15(14)21-17/h2-5,10-11H,6-9H2,1H3,(H,20,21). The number of nitrogens with zero attached hydrogens (tertiary/aromatic N) is 4. The number of pyridine rings is 1. The molecule has 0 radical (unpaired) electrons. The van der Waals surface area contributed by atoms with E-state index < -0.39 is 15.8 Å².